The number of ether oxygens (including phenoxy) is 1. The molecule has 1 unspecified atom stereocenters. The van der Waals surface area contributed by atoms with Crippen LogP contribution in [-0.4, -0.2) is 26.7 Å². The maximum absolute atomic E-state index is 9.99. The van der Waals surface area contributed by atoms with Crippen molar-refractivity contribution >= 4 is 17.2 Å². The number of nitrogens with zero attached hydrogens (tertiary/aromatic N) is 3. The number of aromatic hydroxyl groups is 1. The molecule has 1 aromatic carbocycles. The highest BCUT2D eigenvalue weighted by atomic mass is 35.5. The van der Waals surface area contributed by atoms with Crippen molar-refractivity contribution in [3.63, 3.8) is 0 Å². The zero-order chi connectivity index (χ0) is 18.5. The second-order valence-corrected chi connectivity index (χ2v) is 6.60. The molecule has 1 aliphatic carbocycles. The van der Waals surface area contributed by atoms with E-state index in [9.17, 15) is 5.11 Å². The summed E-state index contributed by atoms with van der Waals surface area (Å²) in [6, 6.07) is 7.15. The molecule has 3 rings (SSSR count). The van der Waals surface area contributed by atoms with Crippen LogP contribution in [-0.2, 0) is 0 Å². The van der Waals surface area contributed by atoms with Crippen LogP contribution in [0.2, 0.25) is 0 Å². The molecule has 0 radical (unpaired) electrons. The molecule has 26 heavy (non-hydrogen) atoms. The lowest BCUT2D eigenvalue weighted by atomic mass is 9.93. The zero-order valence-corrected chi connectivity index (χ0v) is 15.7. The first kappa shape index (κ1) is 18.4. The summed E-state index contributed by atoms with van der Waals surface area (Å²) in [5.41, 5.74) is 1.52. The average molecular weight is 372 g/mol. The maximum Gasteiger partial charge on any atom is 0.318 e. The number of hydrogen-bond acceptors (Lipinski definition) is 5. The Bertz CT molecular complexity index is 831. The van der Waals surface area contributed by atoms with E-state index >= 15 is 0 Å². The highest BCUT2D eigenvalue weighted by Crippen LogP contribution is 2.33. The Labute approximate surface area is 158 Å². The molecular formula is C20H22ClN3O2. The third-order valence-corrected chi connectivity index (χ3v) is 4.59. The van der Waals surface area contributed by atoms with Crippen LogP contribution in [0, 0.1) is 5.92 Å². The van der Waals surface area contributed by atoms with Crippen molar-refractivity contribution in [2.75, 3.05) is 6.61 Å². The molecule has 0 amide bonds. The Kier molecular flexibility index (Phi) is 5.89. The smallest absolute Gasteiger partial charge is 0.318 e. The van der Waals surface area contributed by atoms with Gasteiger partial charge in [0.05, 0.1) is 6.61 Å². The molecule has 5 nitrogen and oxygen atoms in total. The summed E-state index contributed by atoms with van der Waals surface area (Å²) in [7, 11) is 0. The number of rotatable bonds is 6. The van der Waals surface area contributed by atoms with Crippen molar-refractivity contribution in [2.24, 2.45) is 5.92 Å². The Morgan fingerprint density at radius 1 is 1.12 bits per heavy atom. The van der Waals surface area contributed by atoms with Gasteiger partial charge in [0.25, 0.3) is 0 Å². The van der Waals surface area contributed by atoms with Gasteiger partial charge in [0, 0.05) is 16.2 Å². The van der Waals surface area contributed by atoms with E-state index in [1.807, 2.05) is 30.3 Å². The van der Waals surface area contributed by atoms with Gasteiger partial charge in [-0.1, -0.05) is 37.6 Å². The lowest BCUT2D eigenvalue weighted by molar-refractivity contribution is 0.317. The number of allylic oxidation sites excluding steroid dienone is 4. The minimum absolute atomic E-state index is 0.319. The van der Waals surface area contributed by atoms with Gasteiger partial charge in [0.1, 0.15) is 5.75 Å². The zero-order valence-electron chi connectivity index (χ0n) is 14.9. The van der Waals surface area contributed by atoms with Gasteiger partial charge in [-0.05, 0) is 49.4 Å². The van der Waals surface area contributed by atoms with Gasteiger partial charge in [-0.25, -0.2) is 4.98 Å². The maximum atomic E-state index is 9.99. The molecule has 1 atom stereocenters. The second kappa shape index (κ2) is 8.32. The van der Waals surface area contributed by atoms with Crippen LogP contribution in [0.25, 0.3) is 17.0 Å². The lowest BCUT2D eigenvalue weighted by Gasteiger charge is -2.17. The monoisotopic (exact) mass is 371 g/mol. The SMILES string of the molecule is CCCOc1ccc(-c2nc(O)nc(C3=CC(CC)CC=C3Cl)n2)cc1. The quantitative estimate of drug-likeness (QED) is 0.776. The van der Waals surface area contributed by atoms with Crippen LogP contribution in [0.15, 0.2) is 41.4 Å². The standard InChI is InChI=1S/C20H22ClN3O2/c1-3-11-26-15-8-6-14(7-9-15)18-22-19(24-20(25)23-18)16-12-13(4-2)5-10-17(16)21/h6-10,12-13H,3-5,11H2,1-2H3,(H,22,23,24,25). The molecule has 6 heteroatoms. The third kappa shape index (κ3) is 4.22. The Morgan fingerprint density at radius 3 is 2.54 bits per heavy atom. The van der Waals surface area contributed by atoms with Gasteiger partial charge in [-0.3, -0.25) is 0 Å². The fraction of sp³-hybridized carbons (Fsp3) is 0.350. The van der Waals surface area contributed by atoms with Gasteiger partial charge in [0.2, 0.25) is 0 Å². The summed E-state index contributed by atoms with van der Waals surface area (Å²) < 4.78 is 5.59. The van der Waals surface area contributed by atoms with Crippen molar-refractivity contribution in [1.29, 1.82) is 0 Å². The van der Waals surface area contributed by atoms with E-state index < -0.39 is 0 Å². The topological polar surface area (TPSA) is 68.1 Å². The van der Waals surface area contributed by atoms with Crippen LogP contribution in [0.5, 0.6) is 11.8 Å². The van der Waals surface area contributed by atoms with Crippen LogP contribution in [0.1, 0.15) is 38.9 Å². The predicted octanol–water partition coefficient (Wildman–Crippen LogP) is 4.97. The van der Waals surface area contributed by atoms with E-state index in [-0.39, 0.29) is 6.01 Å². The summed E-state index contributed by atoms with van der Waals surface area (Å²) in [5.74, 6) is 1.97. The Morgan fingerprint density at radius 2 is 1.85 bits per heavy atom. The molecule has 1 N–H and O–H groups in total. The number of halogens is 1. The molecule has 1 aliphatic rings. The first-order valence-electron chi connectivity index (χ1n) is 8.87. The minimum Gasteiger partial charge on any atom is -0.494 e. The largest absolute Gasteiger partial charge is 0.494 e. The van der Waals surface area contributed by atoms with E-state index in [0.717, 1.165) is 36.1 Å². The third-order valence-electron chi connectivity index (χ3n) is 4.23. The van der Waals surface area contributed by atoms with E-state index in [4.69, 9.17) is 16.3 Å². The first-order chi connectivity index (χ1) is 12.6. The summed E-state index contributed by atoms with van der Waals surface area (Å²) in [6.07, 6.45) is 6.91. The second-order valence-electron chi connectivity index (χ2n) is 6.19. The molecule has 1 aromatic heterocycles. The summed E-state index contributed by atoms with van der Waals surface area (Å²) >= 11 is 6.35. The molecule has 0 saturated heterocycles. The van der Waals surface area contributed by atoms with Crippen molar-refractivity contribution in [3.8, 4) is 23.1 Å². The van der Waals surface area contributed by atoms with Crippen molar-refractivity contribution in [3.05, 3.63) is 47.3 Å². The van der Waals surface area contributed by atoms with Crippen molar-refractivity contribution in [1.82, 2.24) is 15.0 Å². The van der Waals surface area contributed by atoms with E-state index in [2.05, 4.69) is 34.9 Å². The summed E-state index contributed by atoms with van der Waals surface area (Å²) in [5, 5.41) is 10.6. The van der Waals surface area contributed by atoms with Gasteiger partial charge < -0.3 is 9.84 Å². The fourth-order valence-corrected chi connectivity index (χ4v) is 2.99. The summed E-state index contributed by atoms with van der Waals surface area (Å²) in [6.45, 7) is 4.87. The first-order valence-corrected chi connectivity index (χ1v) is 9.25. The molecule has 0 bridgehead atoms. The molecule has 2 aromatic rings. The lowest BCUT2D eigenvalue weighted by Crippen LogP contribution is -2.05. The van der Waals surface area contributed by atoms with Crippen molar-refractivity contribution in [2.45, 2.75) is 33.1 Å². The molecule has 1 heterocycles. The molecular weight excluding hydrogens is 350 g/mol. The molecule has 0 aliphatic heterocycles. The number of hydrogen-bond donors (Lipinski definition) is 1. The van der Waals surface area contributed by atoms with Crippen LogP contribution < -0.4 is 4.74 Å². The highest BCUT2D eigenvalue weighted by molar-refractivity contribution is 6.36. The molecule has 0 spiro atoms. The van der Waals surface area contributed by atoms with E-state index in [1.165, 1.54) is 0 Å². The van der Waals surface area contributed by atoms with Crippen LogP contribution in [0.4, 0.5) is 0 Å². The molecule has 0 saturated carbocycles. The van der Waals surface area contributed by atoms with Gasteiger partial charge in [-0.2, -0.15) is 9.97 Å². The Balaban J connectivity index is 1.93. The van der Waals surface area contributed by atoms with Gasteiger partial charge in [0.15, 0.2) is 11.6 Å². The molecule has 0 fully saturated rings. The number of aromatic nitrogens is 3. The fourth-order valence-electron chi connectivity index (χ4n) is 2.75. The number of benzene rings is 1. The minimum atomic E-state index is -0.319. The highest BCUT2D eigenvalue weighted by Gasteiger charge is 2.19. The normalized spacial score (nSPS) is 16.8. The van der Waals surface area contributed by atoms with Gasteiger partial charge in [-0.15, -0.1) is 0 Å². The summed E-state index contributed by atoms with van der Waals surface area (Å²) in [4.78, 5) is 12.7. The van der Waals surface area contributed by atoms with E-state index in [1.54, 1.807) is 0 Å². The molecule has 136 valence electrons. The van der Waals surface area contributed by atoms with Crippen LogP contribution >= 0.6 is 11.6 Å². The predicted molar refractivity (Wildman–Crippen MR) is 103 cm³/mol. The average Bonchev–Trinajstić information content (AvgIpc) is 2.66. The van der Waals surface area contributed by atoms with Crippen LogP contribution in [0.3, 0.4) is 0 Å². The Hall–Kier alpha value is -2.40. The van der Waals surface area contributed by atoms with E-state index in [0.29, 0.717) is 29.2 Å². The van der Waals surface area contributed by atoms with Gasteiger partial charge >= 0.3 is 6.01 Å². The van der Waals surface area contributed by atoms with Crippen molar-refractivity contribution < 1.29 is 9.84 Å².